The number of para-hydroxylation sites is 1. The van der Waals surface area contributed by atoms with Crippen molar-refractivity contribution in [3.05, 3.63) is 53.6 Å². The van der Waals surface area contributed by atoms with E-state index in [0.717, 1.165) is 40.9 Å². The first-order chi connectivity index (χ1) is 15.0. The monoisotopic (exact) mass is 556 g/mol. The molecule has 2 N–H and O–H groups in total. The van der Waals surface area contributed by atoms with E-state index in [2.05, 4.69) is 42.6 Å². The molecule has 2 rings (SSSR count). The number of aliphatic imine (C=N–C) groups is 1. The minimum atomic E-state index is 0. The van der Waals surface area contributed by atoms with Crippen molar-refractivity contribution in [1.29, 1.82) is 0 Å². The van der Waals surface area contributed by atoms with Crippen molar-refractivity contribution in [2.45, 2.75) is 26.4 Å². The summed E-state index contributed by atoms with van der Waals surface area (Å²) in [6.45, 7) is 6.68. The van der Waals surface area contributed by atoms with E-state index in [4.69, 9.17) is 19.2 Å². The minimum Gasteiger partial charge on any atom is -0.494 e. The molecule has 0 heterocycles. The lowest BCUT2D eigenvalue weighted by atomic mass is 10.1. The van der Waals surface area contributed by atoms with Crippen molar-refractivity contribution in [1.82, 2.24) is 15.5 Å². The number of likely N-dealkylation sites (N-methyl/N-ethyl adjacent to an activating group) is 1. The molecule has 2 aromatic rings. The number of rotatable bonds is 11. The maximum atomic E-state index is 5.72. The van der Waals surface area contributed by atoms with Gasteiger partial charge >= 0.3 is 0 Å². The van der Waals surface area contributed by atoms with E-state index < -0.39 is 0 Å². The second-order valence-electron chi connectivity index (χ2n) is 7.21. The number of hydrogen-bond donors (Lipinski definition) is 2. The van der Waals surface area contributed by atoms with Gasteiger partial charge < -0.3 is 29.7 Å². The summed E-state index contributed by atoms with van der Waals surface area (Å²) in [5.74, 6) is 3.08. The van der Waals surface area contributed by atoms with E-state index in [9.17, 15) is 0 Å². The van der Waals surface area contributed by atoms with Crippen LogP contribution in [0.2, 0.25) is 0 Å². The second-order valence-corrected chi connectivity index (χ2v) is 7.21. The Hall–Kier alpha value is -2.20. The fraction of sp³-hybridized carbons (Fsp3) is 0.458. The van der Waals surface area contributed by atoms with Crippen molar-refractivity contribution < 1.29 is 14.2 Å². The van der Waals surface area contributed by atoms with E-state index in [1.165, 1.54) is 0 Å². The van der Waals surface area contributed by atoms with Crippen LogP contribution in [-0.2, 0) is 6.54 Å². The lowest BCUT2D eigenvalue weighted by Crippen LogP contribution is -2.41. The Bertz CT molecular complexity index is 846. The van der Waals surface area contributed by atoms with Crippen LogP contribution in [0.4, 0.5) is 0 Å². The molecule has 0 aliphatic carbocycles. The van der Waals surface area contributed by atoms with Gasteiger partial charge in [0.2, 0.25) is 0 Å². The molecule has 2 aromatic carbocycles. The predicted molar refractivity (Wildman–Crippen MR) is 142 cm³/mol. The summed E-state index contributed by atoms with van der Waals surface area (Å²) in [4.78, 5) is 6.93. The highest BCUT2D eigenvalue weighted by molar-refractivity contribution is 14.0. The average Bonchev–Trinajstić information content (AvgIpc) is 2.78. The Morgan fingerprint density at radius 2 is 1.69 bits per heavy atom. The Kier molecular flexibility index (Phi) is 12.9. The molecule has 0 spiro atoms. The van der Waals surface area contributed by atoms with Crippen LogP contribution in [0.15, 0.2) is 47.5 Å². The maximum Gasteiger partial charge on any atom is 0.191 e. The lowest BCUT2D eigenvalue weighted by molar-refractivity contribution is 0.295. The molecule has 178 valence electrons. The van der Waals surface area contributed by atoms with Gasteiger partial charge in [0, 0.05) is 18.7 Å². The number of nitrogens with zero attached hydrogens (tertiary/aromatic N) is 2. The van der Waals surface area contributed by atoms with Crippen molar-refractivity contribution in [2.75, 3.05) is 48.0 Å². The number of ether oxygens (including phenoxy) is 3. The Morgan fingerprint density at radius 3 is 2.31 bits per heavy atom. The minimum absolute atomic E-state index is 0. The zero-order chi connectivity index (χ0) is 22.6. The van der Waals surface area contributed by atoms with Gasteiger partial charge in [-0.15, -0.1) is 24.0 Å². The molecular weight excluding hydrogens is 519 g/mol. The summed E-state index contributed by atoms with van der Waals surface area (Å²) in [5.41, 5.74) is 2.19. The zero-order valence-electron chi connectivity index (χ0n) is 20.0. The Labute approximate surface area is 209 Å². The highest BCUT2D eigenvalue weighted by Crippen LogP contribution is 2.31. The van der Waals surface area contributed by atoms with E-state index in [1.807, 2.05) is 43.3 Å². The first-order valence-electron chi connectivity index (χ1n) is 10.6. The van der Waals surface area contributed by atoms with Crippen molar-refractivity contribution in [3.63, 3.8) is 0 Å². The second kappa shape index (κ2) is 14.8. The number of methoxy groups -OCH3 is 2. The molecule has 0 fully saturated rings. The van der Waals surface area contributed by atoms with Crippen molar-refractivity contribution in [2.24, 2.45) is 4.99 Å². The summed E-state index contributed by atoms with van der Waals surface area (Å²) in [6, 6.07) is 14.2. The zero-order valence-corrected chi connectivity index (χ0v) is 22.3. The Balaban J connectivity index is 0.00000512. The highest BCUT2D eigenvalue weighted by Gasteiger charge is 2.17. The van der Waals surface area contributed by atoms with Crippen LogP contribution in [-0.4, -0.2) is 58.9 Å². The van der Waals surface area contributed by atoms with Crippen LogP contribution in [0.3, 0.4) is 0 Å². The van der Waals surface area contributed by atoms with Gasteiger partial charge in [-0.2, -0.15) is 0 Å². The van der Waals surface area contributed by atoms with Gasteiger partial charge in [0.05, 0.1) is 33.4 Å². The average molecular weight is 556 g/mol. The molecule has 0 saturated heterocycles. The summed E-state index contributed by atoms with van der Waals surface area (Å²) in [7, 11) is 7.42. The van der Waals surface area contributed by atoms with E-state index in [1.54, 1.807) is 14.2 Å². The highest BCUT2D eigenvalue weighted by atomic mass is 127. The van der Waals surface area contributed by atoms with Crippen LogP contribution >= 0.6 is 24.0 Å². The molecule has 0 bridgehead atoms. The lowest BCUT2D eigenvalue weighted by Gasteiger charge is -2.26. The van der Waals surface area contributed by atoms with Crippen LogP contribution in [0.1, 0.15) is 31.0 Å². The number of hydrogen-bond acceptors (Lipinski definition) is 5. The van der Waals surface area contributed by atoms with Crippen LogP contribution in [0.25, 0.3) is 0 Å². The Morgan fingerprint density at radius 1 is 0.969 bits per heavy atom. The first kappa shape index (κ1) is 27.8. The molecule has 8 heteroatoms. The molecule has 0 aromatic heterocycles. The van der Waals surface area contributed by atoms with E-state index >= 15 is 0 Å². The van der Waals surface area contributed by atoms with Crippen LogP contribution in [0.5, 0.6) is 17.2 Å². The fourth-order valence-electron chi connectivity index (χ4n) is 3.29. The molecule has 0 radical (unpaired) electrons. The third-order valence-electron chi connectivity index (χ3n) is 4.90. The number of guanidine groups is 1. The van der Waals surface area contributed by atoms with Gasteiger partial charge in [-0.25, -0.2) is 4.99 Å². The number of benzene rings is 2. The molecule has 1 unspecified atom stereocenters. The molecule has 0 amide bonds. The smallest absolute Gasteiger partial charge is 0.191 e. The van der Waals surface area contributed by atoms with Crippen molar-refractivity contribution in [3.8, 4) is 17.2 Å². The molecule has 7 nitrogen and oxygen atoms in total. The van der Waals surface area contributed by atoms with Crippen LogP contribution < -0.4 is 24.8 Å². The molecule has 32 heavy (non-hydrogen) atoms. The van der Waals surface area contributed by atoms with Crippen LogP contribution in [0, 0.1) is 0 Å². The summed E-state index contributed by atoms with van der Waals surface area (Å²) in [6.07, 6.45) is 0. The summed E-state index contributed by atoms with van der Waals surface area (Å²) in [5, 5.41) is 6.80. The van der Waals surface area contributed by atoms with Gasteiger partial charge in [0.25, 0.3) is 0 Å². The van der Waals surface area contributed by atoms with Gasteiger partial charge in [-0.05, 0) is 51.7 Å². The fourth-order valence-corrected chi connectivity index (χ4v) is 3.29. The third kappa shape index (κ3) is 8.05. The molecule has 0 saturated carbocycles. The van der Waals surface area contributed by atoms with E-state index in [0.29, 0.717) is 19.7 Å². The predicted octanol–water partition coefficient (Wildman–Crippen LogP) is 4.08. The van der Waals surface area contributed by atoms with Gasteiger partial charge in [-0.1, -0.05) is 24.3 Å². The van der Waals surface area contributed by atoms with Crippen molar-refractivity contribution >= 4 is 29.9 Å². The maximum absolute atomic E-state index is 5.72. The molecule has 0 aliphatic rings. The molecule has 1 atom stereocenters. The number of nitrogens with one attached hydrogen (secondary N) is 2. The summed E-state index contributed by atoms with van der Waals surface area (Å²) < 4.78 is 16.6. The quantitative estimate of drug-likeness (QED) is 0.247. The third-order valence-corrected chi connectivity index (χ3v) is 4.90. The molecule has 0 aliphatic heterocycles. The largest absolute Gasteiger partial charge is 0.494 e. The van der Waals surface area contributed by atoms with Gasteiger partial charge in [-0.3, -0.25) is 0 Å². The first-order valence-corrected chi connectivity index (χ1v) is 10.6. The normalized spacial score (nSPS) is 12.0. The topological polar surface area (TPSA) is 67.4 Å². The summed E-state index contributed by atoms with van der Waals surface area (Å²) >= 11 is 0. The molecular formula is C24H37IN4O3. The standard InChI is InChI=1S/C24H36N4O3.HI/c1-7-25-24(26-16-19-11-9-10-12-21(19)31-8-2)27-17-20(28(3)4)18-13-14-22(29-5)23(15-18)30-6;/h9-15,20H,7-8,16-17H2,1-6H3,(H2,25,26,27);1H. The van der Waals surface area contributed by atoms with Gasteiger partial charge in [0.15, 0.2) is 17.5 Å². The number of halogens is 1. The van der Waals surface area contributed by atoms with E-state index in [-0.39, 0.29) is 30.0 Å². The SMILES string of the molecule is CCNC(=NCc1ccccc1OCC)NCC(c1ccc(OC)c(OC)c1)N(C)C.I. The van der Waals surface area contributed by atoms with Gasteiger partial charge in [0.1, 0.15) is 5.75 Å².